The molecule has 0 bridgehead atoms. The Bertz CT molecular complexity index is 1350. The zero-order valence-electron chi connectivity index (χ0n) is 20.5. The van der Waals surface area contributed by atoms with Crippen LogP contribution in [0.5, 0.6) is 0 Å². The van der Waals surface area contributed by atoms with E-state index in [2.05, 4.69) is 10.0 Å². The minimum Gasteiger partial charge on any atom is -0.450 e. The van der Waals surface area contributed by atoms with Gasteiger partial charge in [0.1, 0.15) is 22.3 Å². The quantitative estimate of drug-likeness (QED) is 0.572. The molecule has 2 N–H and O–H groups in total. The number of hydrogen-bond acceptors (Lipinski definition) is 6. The number of rotatable bonds is 6. The Kier molecular flexibility index (Phi) is 6.59. The van der Waals surface area contributed by atoms with Gasteiger partial charge < -0.3 is 15.0 Å². The third-order valence-electron chi connectivity index (χ3n) is 7.66. The van der Waals surface area contributed by atoms with Gasteiger partial charge in [0.15, 0.2) is 0 Å². The van der Waals surface area contributed by atoms with Crippen LogP contribution in [-0.2, 0) is 31.4 Å². The summed E-state index contributed by atoms with van der Waals surface area (Å²) >= 11 is 0. The molecule has 2 fully saturated rings. The smallest absolute Gasteiger partial charge is 0.409 e. The van der Waals surface area contributed by atoms with Crippen molar-refractivity contribution in [2.45, 2.75) is 61.8 Å². The van der Waals surface area contributed by atoms with Gasteiger partial charge in [-0.2, -0.15) is 0 Å². The molecule has 1 heterocycles. The Morgan fingerprint density at radius 2 is 1.89 bits per heavy atom. The normalized spacial score (nSPS) is 18.9. The number of hydrogen-bond donors (Lipinski definition) is 2. The fourth-order valence-corrected chi connectivity index (χ4v) is 6.68. The fourth-order valence-electron chi connectivity index (χ4n) is 5.58. The number of ketones is 1. The highest BCUT2D eigenvalue weighted by molar-refractivity contribution is 7.92. The van der Waals surface area contributed by atoms with Crippen LogP contribution in [0.1, 0.15) is 50.2 Å². The number of likely N-dealkylation sites (tertiary alicyclic amines) is 1. The lowest BCUT2D eigenvalue weighted by atomic mass is 9.64. The molecule has 3 aliphatic rings. The molecule has 198 valence electrons. The van der Waals surface area contributed by atoms with E-state index in [1.807, 2.05) is 0 Å². The number of nitrogens with one attached hydrogen (secondary N) is 2. The number of Topliss-reactive ketones (excluding diaryl/α,β-unsaturated/α-hetero) is 1. The number of halogens is 2. The molecule has 37 heavy (non-hydrogen) atoms. The van der Waals surface area contributed by atoms with Crippen molar-refractivity contribution in [3.05, 3.63) is 53.1 Å². The van der Waals surface area contributed by atoms with Crippen molar-refractivity contribution in [2.75, 3.05) is 29.7 Å². The van der Waals surface area contributed by atoms with Crippen molar-refractivity contribution >= 4 is 33.3 Å². The number of nitrogens with zero attached hydrogens (tertiary/aromatic N) is 1. The molecule has 2 aromatic carbocycles. The lowest BCUT2D eigenvalue weighted by Gasteiger charge is -2.38. The van der Waals surface area contributed by atoms with Crippen molar-refractivity contribution in [3.8, 4) is 0 Å². The number of amides is 1. The third kappa shape index (κ3) is 4.65. The second-order valence-electron chi connectivity index (χ2n) is 9.87. The topological polar surface area (TPSA) is 105 Å². The highest BCUT2D eigenvalue weighted by Gasteiger charge is 2.51. The molecule has 11 heteroatoms. The van der Waals surface area contributed by atoms with Crippen molar-refractivity contribution in [1.82, 2.24) is 4.90 Å². The summed E-state index contributed by atoms with van der Waals surface area (Å²) in [5, 5.41) is 3.47. The first-order chi connectivity index (χ1) is 17.6. The maximum Gasteiger partial charge on any atom is 0.409 e. The monoisotopic (exact) mass is 533 g/mol. The number of ether oxygens (including phenoxy) is 1. The molecule has 0 aromatic heterocycles. The molecule has 5 rings (SSSR count). The third-order valence-corrected chi connectivity index (χ3v) is 9.07. The van der Waals surface area contributed by atoms with Gasteiger partial charge >= 0.3 is 6.09 Å². The van der Waals surface area contributed by atoms with Crippen LogP contribution in [0.4, 0.5) is 25.0 Å². The zero-order valence-corrected chi connectivity index (χ0v) is 21.3. The van der Waals surface area contributed by atoms with Crippen LogP contribution >= 0.6 is 0 Å². The first-order valence-electron chi connectivity index (χ1n) is 12.5. The van der Waals surface area contributed by atoms with E-state index < -0.39 is 32.0 Å². The fraction of sp³-hybridized carbons (Fsp3) is 0.462. The largest absolute Gasteiger partial charge is 0.450 e. The highest BCUT2D eigenvalue weighted by Crippen LogP contribution is 2.53. The molecule has 0 atom stereocenters. The van der Waals surface area contributed by atoms with Crippen LogP contribution < -0.4 is 10.0 Å². The van der Waals surface area contributed by atoms with Gasteiger partial charge in [0.25, 0.3) is 10.0 Å². The molecule has 1 spiro atoms. The van der Waals surface area contributed by atoms with E-state index in [-0.39, 0.29) is 30.0 Å². The van der Waals surface area contributed by atoms with Crippen molar-refractivity contribution < 1.29 is 31.5 Å². The average Bonchev–Trinajstić information content (AvgIpc) is 3.11. The molecular weight excluding hydrogens is 504 g/mol. The van der Waals surface area contributed by atoms with Gasteiger partial charge in [-0.3, -0.25) is 9.52 Å². The van der Waals surface area contributed by atoms with Gasteiger partial charge in [-0.1, -0.05) is 6.42 Å². The van der Waals surface area contributed by atoms with Gasteiger partial charge in [0.2, 0.25) is 0 Å². The molecule has 2 aliphatic carbocycles. The number of carbonyl (C=O) groups is 2. The molecule has 0 radical (unpaired) electrons. The number of carbonyl (C=O) groups excluding carboxylic acids is 2. The molecular formula is C26H29F2N3O5S. The Hall–Kier alpha value is -3.21. The summed E-state index contributed by atoms with van der Waals surface area (Å²) in [5.41, 5.74) is 1.90. The van der Waals surface area contributed by atoms with Gasteiger partial charge in [-0.25, -0.2) is 22.0 Å². The first-order valence-corrected chi connectivity index (χ1v) is 14.0. The minimum absolute atomic E-state index is 0.00391. The van der Waals surface area contributed by atoms with E-state index in [1.165, 1.54) is 0 Å². The second-order valence-corrected chi connectivity index (χ2v) is 11.5. The summed E-state index contributed by atoms with van der Waals surface area (Å²) in [7, 11) is -4.35. The summed E-state index contributed by atoms with van der Waals surface area (Å²) in [4.78, 5) is 26.1. The van der Waals surface area contributed by atoms with Crippen LogP contribution in [-0.4, -0.2) is 50.9 Å². The zero-order chi connectivity index (χ0) is 26.4. The number of anilines is 2. The van der Waals surface area contributed by atoms with Crippen LogP contribution in [0.25, 0.3) is 0 Å². The summed E-state index contributed by atoms with van der Waals surface area (Å²) in [6.07, 6.45) is 3.56. The predicted octanol–water partition coefficient (Wildman–Crippen LogP) is 4.35. The molecule has 2 aromatic rings. The summed E-state index contributed by atoms with van der Waals surface area (Å²) in [6.45, 7) is 3.09. The molecule has 1 saturated heterocycles. The summed E-state index contributed by atoms with van der Waals surface area (Å²) < 4.78 is 61.1. The predicted molar refractivity (Wildman–Crippen MR) is 133 cm³/mol. The molecule has 8 nitrogen and oxygen atoms in total. The number of fused-ring (bicyclic) bond motifs is 2. The van der Waals surface area contributed by atoms with Gasteiger partial charge in [-0.15, -0.1) is 0 Å². The van der Waals surface area contributed by atoms with Crippen LogP contribution in [0.3, 0.4) is 0 Å². The highest BCUT2D eigenvalue weighted by atomic mass is 32.2. The van der Waals surface area contributed by atoms with E-state index in [0.29, 0.717) is 57.1 Å². The standard InChI is InChI=1S/C26H29F2N3O5S/c1-2-36-25(33)31-10-6-17(7-11-31)29-22-14-18(13-20-19(22)15-24(32)26(20)8-3-9-26)30-37(34,35)23-5-4-16(27)12-21(23)28/h4-5,12-14,17,29-30H,2-3,6-11,15H2,1H3. The second kappa shape index (κ2) is 9.59. The molecule has 1 saturated carbocycles. The number of sulfonamides is 1. The maximum absolute atomic E-state index is 14.3. The Morgan fingerprint density at radius 1 is 1.16 bits per heavy atom. The van der Waals surface area contributed by atoms with Gasteiger partial charge in [0.05, 0.1) is 17.7 Å². The van der Waals surface area contributed by atoms with Crippen molar-refractivity contribution in [2.24, 2.45) is 0 Å². The van der Waals surface area contributed by atoms with E-state index in [1.54, 1.807) is 24.0 Å². The minimum atomic E-state index is -4.35. The van der Waals surface area contributed by atoms with Gasteiger partial charge in [0, 0.05) is 37.3 Å². The SMILES string of the molecule is CCOC(=O)N1CCC(Nc2cc(NS(=O)(=O)c3ccc(F)cc3F)cc3c2CC(=O)C32CCC2)CC1. The van der Waals surface area contributed by atoms with Crippen LogP contribution in [0, 0.1) is 11.6 Å². The Labute approximate surface area is 214 Å². The molecule has 1 amide bonds. The van der Waals surface area contributed by atoms with Crippen LogP contribution in [0.2, 0.25) is 0 Å². The van der Waals surface area contributed by atoms with Crippen LogP contribution in [0.15, 0.2) is 35.2 Å². The van der Waals surface area contributed by atoms with E-state index in [4.69, 9.17) is 4.74 Å². The first kappa shape index (κ1) is 25.4. The summed E-state index contributed by atoms with van der Waals surface area (Å²) in [6, 6.07) is 5.60. The lowest BCUT2D eigenvalue weighted by molar-refractivity contribution is -0.125. The van der Waals surface area contributed by atoms with E-state index in [9.17, 15) is 26.8 Å². The van der Waals surface area contributed by atoms with E-state index >= 15 is 0 Å². The lowest BCUT2D eigenvalue weighted by Crippen LogP contribution is -2.42. The Morgan fingerprint density at radius 3 is 2.51 bits per heavy atom. The maximum atomic E-state index is 14.3. The average molecular weight is 534 g/mol. The number of benzene rings is 2. The molecule has 0 unspecified atom stereocenters. The van der Waals surface area contributed by atoms with Gasteiger partial charge in [-0.05, 0) is 68.0 Å². The van der Waals surface area contributed by atoms with Crippen molar-refractivity contribution in [3.63, 3.8) is 0 Å². The van der Waals surface area contributed by atoms with E-state index in [0.717, 1.165) is 29.7 Å². The summed E-state index contributed by atoms with van der Waals surface area (Å²) in [5.74, 6) is -1.94. The number of piperidine rings is 1. The van der Waals surface area contributed by atoms with Crippen molar-refractivity contribution in [1.29, 1.82) is 0 Å². The molecule has 1 aliphatic heterocycles. The Balaban J connectivity index is 1.44.